The van der Waals surface area contributed by atoms with Crippen LogP contribution in [0.1, 0.15) is 12.0 Å². The van der Waals surface area contributed by atoms with E-state index in [1.807, 2.05) is 61.6 Å². The molecule has 3 rings (SSSR count). The van der Waals surface area contributed by atoms with Crippen LogP contribution < -0.4 is 10.1 Å². The van der Waals surface area contributed by atoms with Gasteiger partial charge in [-0.25, -0.2) is 4.79 Å². The van der Waals surface area contributed by atoms with E-state index in [0.717, 1.165) is 43.2 Å². The van der Waals surface area contributed by atoms with Gasteiger partial charge in [0.1, 0.15) is 11.5 Å². The van der Waals surface area contributed by atoms with Crippen molar-refractivity contribution in [3.63, 3.8) is 0 Å². The highest BCUT2D eigenvalue weighted by Crippen LogP contribution is 2.21. The van der Waals surface area contributed by atoms with E-state index < -0.39 is 0 Å². The minimum Gasteiger partial charge on any atom is -0.457 e. The molecule has 2 aromatic rings. The number of carbonyl (C=O) groups excluding carboxylic acids is 1. The number of hydrogen-bond acceptors (Lipinski definition) is 3. The lowest BCUT2D eigenvalue weighted by molar-refractivity contribution is 0.171. The number of nitrogens with zero attached hydrogens (tertiary/aromatic N) is 1. The molecule has 1 N–H and O–H groups in total. The summed E-state index contributed by atoms with van der Waals surface area (Å²) in [6, 6.07) is 17.3. The molecule has 0 aliphatic carbocycles. The first-order chi connectivity index (χ1) is 12.2. The second-order valence-corrected chi connectivity index (χ2v) is 6.33. The van der Waals surface area contributed by atoms with E-state index in [2.05, 4.69) is 5.32 Å². The van der Waals surface area contributed by atoms with Crippen LogP contribution in [-0.4, -0.2) is 37.7 Å². The number of nitrogens with one attached hydrogen (secondary N) is 1. The van der Waals surface area contributed by atoms with Crippen molar-refractivity contribution in [1.82, 2.24) is 10.2 Å². The van der Waals surface area contributed by atoms with E-state index >= 15 is 0 Å². The standard InChI is InChI=1S/C20H24N2O3/c1-22(14-17-11-12-24-15-17)20(23)21-13-16-7-9-19(10-8-16)25-18-5-3-2-4-6-18/h2-10,17H,11-15H2,1H3,(H,21,23)/t17-/m1/s1. The van der Waals surface area contributed by atoms with E-state index in [-0.39, 0.29) is 6.03 Å². The van der Waals surface area contributed by atoms with Crippen molar-refractivity contribution in [2.45, 2.75) is 13.0 Å². The molecule has 5 nitrogen and oxygen atoms in total. The number of rotatable bonds is 6. The Morgan fingerprint density at radius 2 is 1.88 bits per heavy atom. The van der Waals surface area contributed by atoms with Crippen molar-refractivity contribution in [3.05, 3.63) is 60.2 Å². The van der Waals surface area contributed by atoms with Gasteiger partial charge in [-0.1, -0.05) is 30.3 Å². The zero-order valence-corrected chi connectivity index (χ0v) is 14.5. The first kappa shape index (κ1) is 17.3. The van der Waals surface area contributed by atoms with Crippen LogP contribution in [0, 0.1) is 5.92 Å². The highest BCUT2D eigenvalue weighted by molar-refractivity contribution is 5.73. The smallest absolute Gasteiger partial charge is 0.317 e. The van der Waals surface area contributed by atoms with E-state index in [1.54, 1.807) is 4.90 Å². The lowest BCUT2D eigenvalue weighted by atomic mass is 10.1. The van der Waals surface area contributed by atoms with Gasteiger partial charge in [-0.05, 0) is 36.2 Å². The normalized spacial score (nSPS) is 16.4. The number of carbonyl (C=O) groups is 1. The Kier molecular flexibility index (Phi) is 5.90. The molecule has 0 bridgehead atoms. The molecule has 0 aromatic heterocycles. The van der Waals surface area contributed by atoms with E-state index in [4.69, 9.17) is 9.47 Å². The van der Waals surface area contributed by atoms with Crippen LogP contribution >= 0.6 is 0 Å². The molecule has 2 aromatic carbocycles. The van der Waals surface area contributed by atoms with Crippen LogP contribution in [0.25, 0.3) is 0 Å². The van der Waals surface area contributed by atoms with Crippen molar-refractivity contribution >= 4 is 6.03 Å². The van der Waals surface area contributed by atoms with Crippen molar-refractivity contribution in [2.75, 3.05) is 26.8 Å². The second-order valence-electron chi connectivity index (χ2n) is 6.33. The molecule has 132 valence electrons. The third kappa shape index (κ3) is 5.22. The Bertz CT molecular complexity index is 667. The maximum Gasteiger partial charge on any atom is 0.317 e. The summed E-state index contributed by atoms with van der Waals surface area (Å²) in [6.07, 6.45) is 1.03. The van der Waals surface area contributed by atoms with Gasteiger partial charge >= 0.3 is 6.03 Å². The molecule has 0 spiro atoms. The second kappa shape index (κ2) is 8.53. The summed E-state index contributed by atoms with van der Waals surface area (Å²) in [5.74, 6) is 2.03. The average molecular weight is 340 g/mol. The first-order valence-electron chi connectivity index (χ1n) is 8.59. The van der Waals surface area contributed by atoms with Gasteiger partial charge in [-0.15, -0.1) is 0 Å². The SMILES string of the molecule is CN(C[C@H]1CCOC1)C(=O)NCc1ccc(Oc2ccccc2)cc1. The molecule has 1 aliphatic heterocycles. The fraction of sp³-hybridized carbons (Fsp3) is 0.350. The molecule has 1 atom stereocenters. The molecule has 2 amide bonds. The number of para-hydroxylation sites is 1. The molecule has 0 radical (unpaired) electrons. The summed E-state index contributed by atoms with van der Waals surface area (Å²) in [5, 5.41) is 2.95. The quantitative estimate of drug-likeness (QED) is 0.873. The third-order valence-electron chi connectivity index (χ3n) is 4.25. The molecular formula is C20H24N2O3. The highest BCUT2D eigenvalue weighted by Gasteiger charge is 2.19. The molecule has 25 heavy (non-hydrogen) atoms. The number of urea groups is 1. The number of amides is 2. The maximum atomic E-state index is 12.2. The molecule has 1 aliphatic rings. The summed E-state index contributed by atoms with van der Waals surface area (Å²) in [4.78, 5) is 13.9. The van der Waals surface area contributed by atoms with Gasteiger partial charge in [0.25, 0.3) is 0 Å². The number of ether oxygens (including phenoxy) is 2. The number of hydrogen-bond donors (Lipinski definition) is 1. The molecule has 5 heteroatoms. The molecule has 1 heterocycles. The van der Waals surface area contributed by atoms with Crippen LogP contribution in [0.15, 0.2) is 54.6 Å². The average Bonchev–Trinajstić information content (AvgIpc) is 3.14. The topological polar surface area (TPSA) is 50.8 Å². The molecular weight excluding hydrogens is 316 g/mol. The van der Waals surface area contributed by atoms with Gasteiger partial charge in [0.15, 0.2) is 0 Å². The maximum absolute atomic E-state index is 12.2. The van der Waals surface area contributed by atoms with Crippen LogP contribution in [0.3, 0.4) is 0 Å². The van der Waals surface area contributed by atoms with Crippen molar-refractivity contribution < 1.29 is 14.3 Å². The third-order valence-corrected chi connectivity index (χ3v) is 4.25. The van der Waals surface area contributed by atoms with Crippen molar-refractivity contribution in [2.24, 2.45) is 5.92 Å². The minimum absolute atomic E-state index is 0.0588. The number of benzene rings is 2. The minimum atomic E-state index is -0.0588. The fourth-order valence-electron chi connectivity index (χ4n) is 2.81. The molecule has 0 saturated carbocycles. The Hall–Kier alpha value is -2.53. The van der Waals surface area contributed by atoms with Crippen LogP contribution in [-0.2, 0) is 11.3 Å². The largest absolute Gasteiger partial charge is 0.457 e. The van der Waals surface area contributed by atoms with Gasteiger partial charge < -0.3 is 19.7 Å². The van der Waals surface area contributed by atoms with E-state index in [0.29, 0.717) is 12.5 Å². The van der Waals surface area contributed by atoms with Crippen molar-refractivity contribution in [3.8, 4) is 11.5 Å². The lowest BCUT2D eigenvalue weighted by Crippen LogP contribution is -2.39. The summed E-state index contributed by atoms with van der Waals surface area (Å²) in [7, 11) is 1.82. The lowest BCUT2D eigenvalue weighted by Gasteiger charge is -2.21. The summed E-state index contributed by atoms with van der Waals surface area (Å²) in [5.41, 5.74) is 1.03. The van der Waals surface area contributed by atoms with Gasteiger partial charge in [0.2, 0.25) is 0 Å². The highest BCUT2D eigenvalue weighted by atomic mass is 16.5. The monoisotopic (exact) mass is 340 g/mol. The Balaban J connectivity index is 1.45. The van der Waals surface area contributed by atoms with Crippen LogP contribution in [0.4, 0.5) is 4.79 Å². The van der Waals surface area contributed by atoms with E-state index in [9.17, 15) is 4.79 Å². The summed E-state index contributed by atoms with van der Waals surface area (Å²) in [6.45, 7) is 2.78. The van der Waals surface area contributed by atoms with Crippen molar-refractivity contribution in [1.29, 1.82) is 0 Å². The van der Waals surface area contributed by atoms with Crippen LogP contribution in [0.2, 0.25) is 0 Å². The Labute approximate surface area is 148 Å². The van der Waals surface area contributed by atoms with Gasteiger partial charge in [0, 0.05) is 32.7 Å². The first-order valence-corrected chi connectivity index (χ1v) is 8.59. The summed E-state index contributed by atoms with van der Waals surface area (Å²) < 4.78 is 11.1. The zero-order valence-electron chi connectivity index (χ0n) is 14.5. The Morgan fingerprint density at radius 3 is 2.56 bits per heavy atom. The van der Waals surface area contributed by atoms with Gasteiger partial charge in [0.05, 0.1) is 6.61 Å². The molecule has 0 unspecified atom stereocenters. The van der Waals surface area contributed by atoms with Gasteiger partial charge in [-0.2, -0.15) is 0 Å². The summed E-state index contributed by atoms with van der Waals surface area (Å²) >= 11 is 0. The molecule has 1 fully saturated rings. The van der Waals surface area contributed by atoms with E-state index in [1.165, 1.54) is 0 Å². The van der Waals surface area contributed by atoms with Crippen LogP contribution in [0.5, 0.6) is 11.5 Å². The zero-order chi connectivity index (χ0) is 17.5. The Morgan fingerprint density at radius 1 is 1.16 bits per heavy atom. The predicted octanol–water partition coefficient (Wildman–Crippen LogP) is 3.66. The predicted molar refractivity (Wildman–Crippen MR) is 96.7 cm³/mol. The fourth-order valence-corrected chi connectivity index (χ4v) is 2.81. The molecule has 1 saturated heterocycles. The van der Waals surface area contributed by atoms with Gasteiger partial charge in [-0.3, -0.25) is 0 Å².